The number of hydrogen-bond donors (Lipinski definition) is 2. The van der Waals surface area contributed by atoms with Crippen molar-refractivity contribution in [3.63, 3.8) is 0 Å². The summed E-state index contributed by atoms with van der Waals surface area (Å²) >= 11 is 1.81. The Kier molecular flexibility index (Phi) is 3.82. The van der Waals surface area contributed by atoms with Crippen molar-refractivity contribution in [1.29, 1.82) is 0 Å². The Morgan fingerprint density at radius 2 is 2.33 bits per heavy atom. The highest BCUT2D eigenvalue weighted by Crippen LogP contribution is 2.18. The highest BCUT2D eigenvalue weighted by atomic mass is 32.2. The number of rotatable bonds is 4. The molecule has 1 fully saturated rings. The third kappa shape index (κ3) is 4.30. The first-order chi connectivity index (χ1) is 5.58. The maximum atomic E-state index is 10.3. The van der Waals surface area contributed by atoms with Gasteiger partial charge in [-0.1, -0.05) is 0 Å². The van der Waals surface area contributed by atoms with Gasteiger partial charge in [0.1, 0.15) is 0 Å². The van der Waals surface area contributed by atoms with E-state index in [2.05, 4.69) is 5.32 Å². The van der Waals surface area contributed by atoms with Gasteiger partial charge in [-0.25, -0.2) is 0 Å². The molecule has 0 bridgehead atoms. The SMILES string of the molecule is O=S(=O)(O)CCCC1NCCS1. The largest absolute Gasteiger partial charge is 0.305 e. The summed E-state index contributed by atoms with van der Waals surface area (Å²) in [6.45, 7) is 1.00. The van der Waals surface area contributed by atoms with Crippen molar-refractivity contribution in [3.05, 3.63) is 0 Å². The summed E-state index contributed by atoms with van der Waals surface area (Å²) < 4.78 is 29.1. The van der Waals surface area contributed by atoms with Gasteiger partial charge in [0.25, 0.3) is 10.1 Å². The molecular formula is C6H13NO3S2. The topological polar surface area (TPSA) is 66.4 Å². The second-order valence-corrected chi connectivity index (χ2v) is 5.62. The molecule has 1 aliphatic rings. The molecule has 0 aromatic rings. The molecule has 0 saturated carbocycles. The highest BCUT2D eigenvalue weighted by molar-refractivity contribution is 8.00. The van der Waals surface area contributed by atoms with Crippen LogP contribution in [0.4, 0.5) is 0 Å². The fraction of sp³-hybridized carbons (Fsp3) is 1.00. The van der Waals surface area contributed by atoms with Crippen LogP contribution in [0.3, 0.4) is 0 Å². The van der Waals surface area contributed by atoms with Crippen LogP contribution in [0, 0.1) is 0 Å². The van der Waals surface area contributed by atoms with Crippen LogP contribution in [0.5, 0.6) is 0 Å². The van der Waals surface area contributed by atoms with Crippen molar-refractivity contribution in [1.82, 2.24) is 5.32 Å². The molecule has 4 nitrogen and oxygen atoms in total. The van der Waals surface area contributed by atoms with E-state index in [1.165, 1.54) is 0 Å². The van der Waals surface area contributed by atoms with E-state index >= 15 is 0 Å². The molecule has 0 amide bonds. The molecule has 1 aliphatic heterocycles. The first-order valence-corrected chi connectivity index (χ1v) is 6.54. The second kappa shape index (κ2) is 4.45. The zero-order chi connectivity index (χ0) is 9.03. The molecule has 6 heteroatoms. The summed E-state index contributed by atoms with van der Waals surface area (Å²) in [5.74, 6) is 0.974. The summed E-state index contributed by atoms with van der Waals surface area (Å²) in [5, 5.41) is 3.61. The van der Waals surface area contributed by atoms with Gasteiger partial charge in [-0.2, -0.15) is 8.42 Å². The number of thioether (sulfide) groups is 1. The molecule has 0 radical (unpaired) electrons. The Hall–Kier alpha value is 0.220. The van der Waals surface area contributed by atoms with Crippen LogP contribution >= 0.6 is 11.8 Å². The van der Waals surface area contributed by atoms with Gasteiger partial charge >= 0.3 is 0 Å². The third-order valence-electron chi connectivity index (χ3n) is 1.66. The predicted octanol–water partition coefficient (Wildman–Crippen LogP) is 0.317. The lowest BCUT2D eigenvalue weighted by atomic mass is 10.3. The van der Waals surface area contributed by atoms with Gasteiger partial charge in [-0.3, -0.25) is 4.55 Å². The fourth-order valence-corrected chi connectivity index (χ4v) is 2.74. The molecule has 0 aromatic carbocycles. The zero-order valence-electron chi connectivity index (χ0n) is 6.69. The smallest absolute Gasteiger partial charge is 0.264 e. The van der Waals surface area contributed by atoms with Gasteiger partial charge in [0, 0.05) is 12.3 Å². The molecule has 1 heterocycles. The van der Waals surface area contributed by atoms with E-state index in [1.54, 1.807) is 11.8 Å². The van der Waals surface area contributed by atoms with Crippen molar-refractivity contribution in [2.45, 2.75) is 18.2 Å². The van der Waals surface area contributed by atoms with E-state index < -0.39 is 10.1 Å². The Morgan fingerprint density at radius 3 is 2.83 bits per heavy atom. The maximum absolute atomic E-state index is 10.3. The maximum Gasteiger partial charge on any atom is 0.264 e. The van der Waals surface area contributed by atoms with Crippen molar-refractivity contribution < 1.29 is 13.0 Å². The van der Waals surface area contributed by atoms with E-state index in [9.17, 15) is 8.42 Å². The molecule has 0 aromatic heterocycles. The lowest BCUT2D eigenvalue weighted by molar-refractivity contribution is 0.479. The average Bonchev–Trinajstić information content (AvgIpc) is 2.36. The predicted molar refractivity (Wildman–Crippen MR) is 49.9 cm³/mol. The van der Waals surface area contributed by atoms with Crippen LogP contribution in [0.2, 0.25) is 0 Å². The minimum absolute atomic E-state index is 0.119. The Balaban J connectivity index is 2.09. The summed E-state index contributed by atoms with van der Waals surface area (Å²) in [4.78, 5) is 0. The Morgan fingerprint density at radius 1 is 1.58 bits per heavy atom. The molecule has 1 rings (SSSR count). The van der Waals surface area contributed by atoms with Gasteiger partial charge in [-0.15, -0.1) is 11.8 Å². The van der Waals surface area contributed by atoms with Crippen molar-refractivity contribution >= 4 is 21.9 Å². The van der Waals surface area contributed by atoms with Crippen LogP contribution in [0.25, 0.3) is 0 Å². The van der Waals surface area contributed by atoms with Gasteiger partial charge in [-0.05, 0) is 12.8 Å². The molecular weight excluding hydrogens is 198 g/mol. The van der Waals surface area contributed by atoms with Crippen LogP contribution < -0.4 is 5.32 Å². The minimum atomic E-state index is -3.75. The van der Waals surface area contributed by atoms with Crippen molar-refractivity contribution in [2.24, 2.45) is 0 Å². The normalized spacial score (nSPS) is 24.6. The summed E-state index contributed by atoms with van der Waals surface area (Å²) in [5.41, 5.74) is 0. The van der Waals surface area contributed by atoms with Crippen LogP contribution in [0.15, 0.2) is 0 Å². The van der Waals surface area contributed by atoms with Gasteiger partial charge in [0.05, 0.1) is 11.1 Å². The number of nitrogens with one attached hydrogen (secondary N) is 1. The molecule has 12 heavy (non-hydrogen) atoms. The highest BCUT2D eigenvalue weighted by Gasteiger charge is 2.15. The van der Waals surface area contributed by atoms with Crippen molar-refractivity contribution in [2.75, 3.05) is 18.1 Å². The number of hydrogen-bond acceptors (Lipinski definition) is 4. The molecule has 2 N–H and O–H groups in total. The van der Waals surface area contributed by atoms with E-state index in [1.807, 2.05) is 0 Å². The van der Waals surface area contributed by atoms with Gasteiger partial charge < -0.3 is 5.32 Å². The monoisotopic (exact) mass is 211 g/mol. The van der Waals surface area contributed by atoms with Crippen LogP contribution in [-0.4, -0.2) is 36.4 Å². The van der Waals surface area contributed by atoms with Gasteiger partial charge in [0.15, 0.2) is 0 Å². The van der Waals surface area contributed by atoms with Crippen molar-refractivity contribution in [3.8, 4) is 0 Å². The molecule has 1 saturated heterocycles. The van der Waals surface area contributed by atoms with Crippen LogP contribution in [0.1, 0.15) is 12.8 Å². The molecule has 0 spiro atoms. The van der Waals surface area contributed by atoms with Gasteiger partial charge in [0.2, 0.25) is 0 Å². The van der Waals surface area contributed by atoms with Crippen LogP contribution in [-0.2, 0) is 10.1 Å². The summed E-state index contributed by atoms with van der Waals surface area (Å²) in [7, 11) is -3.75. The molecule has 72 valence electrons. The lowest BCUT2D eigenvalue weighted by Crippen LogP contribution is -2.20. The molecule has 0 aliphatic carbocycles. The fourth-order valence-electron chi connectivity index (χ4n) is 1.12. The minimum Gasteiger partial charge on any atom is -0.305 e. The molecule has 1 unspecified atom stereocenters. The second-order valence-electron chi connectivity index (χ2n) is 2.74. The summed E-state index contributed by atoms with van der Waals surface area (Å²) in [6, 6.07) is 0. The zero-order valence-corrected chi connectivity index (χ0v) is 8.33. The third-order valence-corrected chi connectivity index (χ3v) is 3.71. The Labute approximate surface area is 76.9 Å². The molecule has 1 atom stereocenters. The Bertz CT molecular complexity index is 221. The quantitative estimate of drug-likeness (QED) is 0.655. The van der Waals surface area contributed by atoms with E-state index in [4.69, 9.17) is 4.55 Å². The van der Waals surface area contributed by atoms with E-state index in [-0.39, 0.29) is 5.75 Å². The first kappa shape index (κ1) is 10.3. The van der Waals surface area contributed by atoms with E-state index in [0.717, 1.165) is 18.7 Å². The first-order valence-electron chi connectivity index (χ1n) is 3.88. The van der Waals surface area contributed by atoms with E-state index in [0.29, 0.717) is 11.8 Å². The average molecular weight is 211 g/mol. The lowest BCUT2D eigenvalue weighted by Gasteiger charge is -2.06. The standard InChI is InChI=1S/C6H13NO3S2/c8-12(9,10)5-1-2-6-7-3-4-11-6/h6-7H,1-5H2,(H,8,9,10). The summed E-state index contributed by atoms with van der Waals surface area (Å²) in [6.07, 6.45) is 1.34.